The lowest BCUT2D eigenvalue weighted by atomic mass is 10.2. The standard InChI is InChI=1S/C20H22ClN3O2/c1-14(20(26)24-12-11-15-7-3-6-10-18(15)24)23(2)13-19(25)22-17-9-5-4-8-16(17)21/h3-10,14H,11-13H2,1-2H3,(H,22,25)/t14-/m0/s1. The van der Waals surface area contributed by atoms with Gasteiger partial charge in [0.2, 0.25) is 11.8 Å². The Balaban J connectivity index is 1.61. The Morgan fingerprint density at radius 3 is 2.65 bits per heavy atom. The van der Waals surface area contributed by atoms with E-state index >= 15 is 0 Å². The normalized spacial score (nSPS) is 14.2. The Morgan fingerprint density at radius 1 is 1.19 bits per heavy atom. The third-order valence-corrected chi connectivity index (χ3v) is 5.04. The van der Waals surface area contributed by atoms with Gasteiger partial charge in [-0.15, -0.1) is 0 Å². The number of carbonyl (C=O) groups is 2. The molecule has 0 saturated carbocycles. The summed E-state index contributed by atoms with van der Waals surface area (Å²) in [6.45, 7) is 2.61. The van der Waals surface area contributed by atoms with Gasteiger partial charge in [-0.25, -0.2) is 0 Å². The van der Waals surface area contributed by atoms with Crippen LogP contribution in [0.15, 0.2) is 48.5 Å². The van der Waals surface area contributed by atoms with Gasteiger partial charge < -0.3 is 10.2 Å². The minimum absolute atomic E-state index is 0.00277. The van der Waals surface area contributed by atoms with Gasteiger partial charge in [-0.1, -0.05) is 41.9 Å². The summed E-state index contributed by atoms with van der Waals surface area (Å²) in [7, 11) is 1.77. The number of amides is 2. The highest BCUT2D eigenvalue weighted by molar-refractivity contribution is 6.33. The molecule has 0 radical (unpaired) electrons. The number of anilines is 2. The van der Waals surface area contributed by atoms with Crippen molar-refractivity contribution >= 4 is 34.8 Å². The topological polar surface area (TPSA) is 52.7 Å². The number of halogens is 1. The van der Waals surface area contributed by atoms with Gasteiger partial charge in [0.25, 0.3) is 0 Å². The average Bonchev–Trinajstić information content (AvgIpc) is 3.06. The van der Waals surface area contributed by atoms with Crippen molar-refractivity contribution in [3.8, 4) is 0 Å². The summed E-state index contributed by atoms with van der Waals surface area (Å²) in [5.74, 6) is -0.204. The quantitative estimate of drug-likeness (QED) is 0.878. The molecule has 0 saturated heterocycles. The highest BCUT2D eigenvalue weighted by Crippen LogP contribution is 2.28. The van der Waals surface area contributed by atoms with Crippen molar-refractivity contribution < 1.29 is 9.59 Å². The molecule has 0 aromatic heterocycles. The number of likely N-dealkylation sites (N-methyl/N-ethyl adjacent to an activating group) is 1. The Bertz CT molecular complexity index is 824. The van der Waals surface area contributed by atoms with E-state index in [0.717, 1.165) is 12.1 Å². The van der Waals surface area contributed by atoms with Crippen molar-refractivity contribution in [2.45, 2.75) is 19.4 Å². The lowest BCUT2D eigenvalue weighted by Gasteiger charge is -2.28. The van der Waals surface area contributed by atoms with E-state index in [4.69, 9.17) is 11.6 Å². The molecule has 0 bridgehead atoms. The van der Waals surface area contributed by atoms with Crippen LogP contribution in [0.3, 0.4) is 0 Å². The summed E-state index contributed by atoms with van der Waals surface area (Å²) in [5.41, 5.74) is 2.73. The van der Waals surface area contributed by atoms with E-state index in [0.29, 0.717) is 17.3 Å². The summed E-state index contributed by atoms with van der Waals surface area (Å²) in [5, 5.41) is 3.27. The van der Waals surface area contributed by atoms with E-state index < -0.39 is 6.04 Å². The summed E-state index contributed by atoms with van der Waals surface area (Å²) < 4.78 is 0. The predicted molar refractivity (Wildman–Crippen MR) is 105 cm³/mol. The summed E-state index contributed by atoms with van der Waals surface area (Å²) >= 11 is 6.06. The molecule has 6 heteroatoms. The van der Waals surface area contributed by atoms with E-state index in [1.807, 2.05) is 42.2 Å². The fourth-order valence-corrected chi connectivity index (χ4v) is 3.28. The van der Waals surface area contributed by atoms with Gasteiger partial charge in [0, 0.05) is 12.2 Å². The van der Waals surface area contributed by atoms with Crippen LogP contribution in [0.5, 0.6) is 0 Å². The first kappa shape index (κ1) is 18.4. The van der Waals surface area contributed by atoms with Gasteiger partial charge >= 0.3 is 0 Å². The van der Waals surface area contributed by atoms with Crippen molar-refractivity contribution in [3.63, 3.8) is 0 Å². The molecule has 0 unspecified atom stereocenters. The number of hydrogen-bond acceptors (Lipinski definition) is 3. The number of rotatable bonds is 5. The number of carbonyl (C=O) groups excluding carboxylic acids is 2. The molecule has 1 aliphatic heterocycles. The molecule has 0 fully saturated rings. The molecule has 3 rings (SSSR count). The molecule has 0 spiro atoms. The van der Waals surface area contributed by atoms with Crippen LogP contribution in [0.2, 0.25) is 5.02 Å². The van der Waals surface area contributed by atoms with Crippen molar-refractivity contribution in [2.24, 2.45) is 0 Å². The van der Waals surface area contributed by atoms with Crippen LogP contribution in [0, 0.1) is 0 Å². The molecule has 1 heterocycles. The van der Waals surface area contributed by atoms with Crippen molar-refractivity contribution in [1.29, 1.82) is 0 Å². The average molecular weight is 372 g/mol. The zero-order valence-corrected chi connectivity index (χ0v) is 15.7. The second kappa shape index (κ2) is 7.89. The van der Waals surface area contributed by atoms with Crippen LogP contribution in [-0.4, -0.2) is 42.9 Å². The van der Waals surface area contributed by atoms with E-state index in [9.17, 15) is 9.59 Å². The summed E-state index contributed by atoms with van der Waals surface area (Å²) in [6, 6.07) is 14.6. The van der Waals surface area contributed by atoms with Crippen LogP contribution in [0.4, 0.5) is 11.4 Å². The molecule has 26 heavy (non-hydrogen) atoms. The molecule has 5 nitrogen and oxygen atoms in total. The largest absolute Gasteiger partial charge is 0.324 e. The number of fused-ring (bicyclic) bond motifs is 1. The number of nitrogens with one attached hydrogen (secondary N) is 1. The molecule has 1 N–H and O–H groups in total. The van der Waals surface area contributed by atoms with Gasteiger partial charge in [-0.3, -0.25) is 14.5 Å². The first-order chi connectivity index (χ1) is 12.5. The van der Waals surface area contributed by atoms with Gasteiger partial charge in [0.15, 0.2) is 0 Å². The van der Waals surface area contributed by atoms with Crippen molar-refractivity contribution in [2.75, 3.05) is 30.4 Å². The molecule has 2 amide bonds. The Labute approximate surface area is 158 Å². The second-order valence-electron chi connectivity index (χ2n) is 6.49. The number of para-hydroxylation sites is 2. The first-order valence-electron chi connectivity index (χ1n) is 8.61. The summed E-state index contributed by atoms with van der Waals surface area (Å²) in [4.78, 5) is 28.7. The van der Waals surface area contributed by atoms with Crippen LogP contribution in [0.1, 0.15) is 12.5 Å². The molecule has 1 aliphatic rings. The fraction of sp³-hybridized carbons (Fsp3) is 0.300. The fourth-order valence-electron chi connectivity index (χ4n) is 3.10. The second-order valence-corrected chi connectivity index (χ2v) is 6.89. The lowest BCUT2D eigenvalue weighted by Crippen LogP contribution is -2.47. The maximum absolute atomic E-state index is 12.9. The summed E-state index contributed by atoms with van der Waals surface area (Å²) in [6.07, 6.45) is 0.866. The van der Waals surface area contributed by atoms with E-state index in [1.54, 1.807) is 30.1 Å². The predicted octanol–water partition coefficient (Wildman–Crippen LogP) is 3.19. The molecule has 136 valence electrons. The first-order valence-corrected chi connectivity index (χ1v) is 8.99. The SMILES string of the molecule is C[C@@H](C(=O)N1CCc2ccccc21)N(C)CC(=O)Nc1ccccc1Cl. The molecule has 0 aliphatic carbocycles. The Morgan fingerprint density at radius 2 is 1.88 bits per heavy atom. The van der Waals surface area contributed by atoms with E-state index in [-0.39, 0.29) is 18.4 Å². The highest BCUT2D eigenvalue weighted by Gasteiger charge is 2.30. The zero-order valence-electron chi connectivity index (χ0n) is 14.9. The van der Waals surface area contributed by atoms with E-state index in [2.05, 4.69) is 5.32 Å². The third-order valence-electron chi connectivity index (χ3n) is 4.71. The number of benzene rings is 2. The highest BCUT2D eigenvalue weighted by atomic mass is 35.5. The molecular formula is C20H22ClN3O2. The van der Waals surface area contributed by atoms with Crippen molar-refractivity contribution in [1.82, 2.24) is 4.90 Å². The van der Waals surface area contributed by atoms with Crippen LogP contribution in [0.25, 0.3) is 0 Å². The third kappa shape index (κ3) is 3.89. The molecule has 1 atom stereocenters. The number of hydrogen-bond donors (Lipinski definition) is 1. The Hall–Kier alpha value is -2.37. The minimum Gasteiger partial charge on any atom is -0.324 e. The maximum Gasteiger partial charge on any atom is 0.244 e. The minimum atomic E-state index is -0.404. The molecule has 2 aromatic carbocycles. The lowest BCUT2D eigenvalue weighted by molar-refractivity contribution is -0.124. The van der Waals surface area contributed by atoms with Gasteiger partial charge in [-0.05, 0) is 44.2 Å². The monoisotopic (exact) mass is 371 g/mol. The maximum atomic E-state index is 12.9. The molecular weight excluding hydrogens is 350 g/mol. The number of nitrogens with zero attached hydrogens (tertiary/aromatic N) is 2. The van der Waals surface area contributed by atoms with Gasteiger partial charge in [0.1, 0.15) is 0 Å². The van der Waals surface area contributed by atoms with Crippen LogP contribution in [-0.2, 0) is 16.0 Å². The van der Waals surface area contributed by atoms with E-state index in [1.165, 1.54) is 5.56 Å². The van der Waals surface area contributed by atoms with Crippen LogP contribution >= 0.6 is 11.6 Å². The zero-order chi connectivity index (χ0) is 18.7. The van der Waals surface area contributed by atoms with Crippen LogP contribution < -0.4 is 10.2 Å². The molecule has 2 aromatic rings. The van der Waals surface area contributed by atoms with Gasteiger partial charge in [-0.2, -0.15) is 0 Å². The Kier molecular flexibility index (Phi) is 5.59. The smallest absolute Gasteiger partial charge is 0.244 e. The van der Waals surface area contributed by atoms with Crippen molar-refractivity contribution in [3.05, 3.63) is 59.1 Å². The van der Waals surface area contributed by atoms with Gasteiger partial charge in [0.05, 0.1) is 23.3 Å².